The SMILES string of the molecule is COc1ccc(-c2nc(C)[nH]c2CCCCN)cn1. The van der Waals surface area contributed by atoms with E-state index in [1.165, 1.54) is 0 Å². The largest absolute Gasteiger partial charge is 0.481 e. The van der Waals surface area contributed by atoms with Crippen LogP contribution in [-0.2, 0) is 6.42 Å². The lowest BCUT2D eigenvalue weighted by atomic mass is 10.1. The molecule has 0 bridgehead atoms. The highest BCUT2D eigenvalue weighted by Gasteiger charge is 2.10. The first-order valence-corrected chi connectivity index (χ1v) is 6.50. The Labute approximate surface area is 113 Å². The Bertz CT molecular complexity index is 519. The van der Waals surface area contributed by atoms with Gasteiger partial charge < -0.3 is 15.5 Å². The van der Waals surface area contributed by atoms with Crippen LogP contribution in [0.3, 0.4) is 0 Å². The molecule has 0 aliphatic heterocycles. The lowest BCUT2D eigenvalue weighted by Gasteiger charge is -2.03. The van der Waals surface area contributed by atoms with Crippen LogP contribution in [0.2, 0.25) is 0 Å². The lowest BCUT2D eigenvalue weighted by molar-refractivity contribution is 0.398. The fourth-order valence-corrected chi connectivity index (χ4v) is 2.05. The molecule has 2 heterocycles. The molecule has 0 atom stereocenters. The Morgan fingerprint density at radius 1 is 1.32 bits per heavy atom. The molecule has 0 amide bonds. The van der Waals surface area contributed by atoms with Crippen LogP contribution < -0.4 is 10.5 Å². The normalized spacial score (nSPS) is 10.7. The predicted octanol–water partition coefficient (Wildman–Crippen LogP) is 2.07. The summed E-state index contributed by atoms with van der Waals surface area (Å²) < 4.78 is 5.07. The maximum Gasteiger partial charge on any atom is 0.212 e. The van der Waals surface area contributed by atoms with Crippen molar-refractivity contribution in [3.8, 4) is 17.1 Å². The monoisotopic (exact) mass is 260 g/mol. The molecule has 19 heavy (non-hydrogen) atoms. The number of unbranched alkanes of at least 4 members (excludes halogenated alkanes) is 1. The van der Waals surface area contributed by atoms with Crippen LogP contribution in [0.15, 0.2) is 18.3 Å². The van der Waals surface area contributed by atoms with Crippen molar-refractivity contribution >= 4 is 0 Å². The van der Waals surface area contributed by atoms with Crippen molar-refractivity contribution in [3.05, 3.63) is 29.8 Å². The van der Waals surface area contributed by atoms with Crippen LogP contribution in [0, 0.1) is 6.92 Å². The van der Waals surface area contributed by atoms with E-state index >= 15 is 0 Å². The number of nitrogens with zero attached hydrogens (tertiary/aromatic N) is 2. The van der Waals surface area contributed by atoms with E-state index in [1.807, 2.05) is 19.1 Å². The molecule has 2 aromatic heterocycles. The number of rotatable bonds is 6. The maximum atomic E-state index is 5.53. The first-order chi connectivity index (χ1) is 9.24. The molecule has 5 nitrogen and oxygen atoms in total. The third-order valence-electron chi connectivity index (χ3n) is 3.00. The minimum atomic E-state index is 0.612. The van der Waals surface area contributed by atoms with Gasteiger partial charge in [0.05, 0.1) is 12.8 Å². The van der Waals surface area contributed by atoms with Gasteiger partial charge in [-0.05, 0) is 38.8 Å². The molecule has 0 aliphatic carbocycles. The summed E-state index contributed by atoms with van der Waals surface area (Å²) in [6.45, 7) is 2.69. The highest BCUT2D eigenvalue weighted by Crippen LogP contribution is 2.23. The van der Waals surface area contributed by atoms with Crippen LogP contribution in [0.5, 0.6) is 5.88 Å². The summed E-state index contributed by atoms with van der Waals surface area (Å²) in [6.07, 6.45) is 4.84. The summed E-state index contributed by atoms with van der Waals surface area (Å²) in [5.41, 5.74) is 8.66. The number of aromatic nitrogens is 3. The Balaban J connectivity index is 2.22. The number of methoxy groups -OCH3 is 1. The number of pyridine rings is 1. The number of ether oxygens (including phenoxy) is 1. The summed E-state index contributed by atoms with van der Waals surface area (Å²) >= 11 is 0. The number of nitrogens with two attached hydrogens (primary N) is 1. The van der Waals surface area contributed by atoms with Crippen molar-refractivity contribution in [2.75, 3.05) is 13.7 Å². The van der Waals surface area contributed by atoms with E-state index in [2.05, 4.69) is 15.0 Å². The average molecular weight is 260 g/mol. The molecular formula is C14H20N4O. The zero-order valence-corrected chi connectivity index (χ0v) is 11.4. The van der Waals surface area contributed by atoms with Gasteiger partial charge in [0.2, 0.25) is 5.88 Å². The second-order valence-electron chi connectivity index (χ2n) is 4.48. The Kier molecular flexibility index (Phi) is 4.52. The van der Waals surface area contributed by atoms with E-state index < -0.39 is 0 Å². The van der Waals surface area contributed by atoms with Gasteiger partial charge in [-0.3, -0.25) is 0 Å². The third-order valence-corrected chi connectivity index (χ3v) is 3.00. The van der Waals surface area contributed by atoms with E-state index in [0.29, 0.717) is 5.88 Å². The van der Waals surface area contributed by atoms with Gasteiger partial charge >= 0.3 is 0 Å². The first kappa shape index (κ1) is 13.5. The molecule has 2 rings (SSSR count). The van der Waals surface area contributed by atoms with E-state index in [1.54, 1.807) is 13.3 Å². The number of aromatic amines is 1. The summed E-state index contributed by atoms with van der Waals surface area (Å²) in [6, 6.07) is 3.83. The van der Waals surface area contributed by atoms with Gasteiger partial charge in [-0.25, -0.2) is 9.97 Å². The number of hydrogen-bond acceptors (Lipinski definition) is 4. The first-order valence-electron chi connectivity index (χ1n) is 6.50. The smallest absolute Gasteiger partial charge is 0.212 e. The molecule has 0 saturated carbocycles. The highest BCUT2D eigenvalue weighted by molar-refractivity contribution is 5.61. The van der Waals surface area contributed by atoms with Crippen molar-refractivity contribution in [1.82, 2.24) is 15.0 Å². The molecule has 0 aliphatic rings. The van der Waals surface area contributed by atoms with Crippen molar-refractivity contribution in [2.45, 2.75) is 26.2 Å². The van der Waals surface area contributed by atoms with Crippen molar-refractivity contribution in [2.24, 2.45) is 5.73 Å². The van der Waals surface area contributed by atoms with Gasteiger partial charge in [0.15, 0.2) is 0 Å². The maximum absolute atomic E-state index is 5.53. The molecule has 0 radical (unpaired) electrons. The summed E-state index contributed by atoms with van der Waals surface area (Å²) in [7, 11) is 1.61. The van der Waals surface area contributed by atoms with Crippen LogP contribution in [0.25, 0.3) is 11.3 Å². The van der Waals surface area contributed by atoms with Crippen molar-refractivity contribution < 1.29 is 4.74 Å². The van der Waals surface area contributed by atoms with Crippen molar-refractivity contribution in [3.63, 3.8) is 0 Å². The van der Waals surface area contributed by atoms with Gasteiger partial charge in [-0.15, -0.1) is 0 Å². The quantitative estimate of drug-likeness (QED) is 0.779. The summed E-state index contributed by atoms with van der Waals surface area (Å²) in [5, 5.41) is 0. The van der Waals surface area contributed by atoms with Crippen LogP contribution in [-0.4, -0.2) is 28.6 Å². The molecule has 0 aromatic carbocycles. The molecular weight excluding hydrogens is 240 g/mol. The predicted molar refractivity (Wildman–Crippen MR) is 75.1 cm³/mol. The molecule has 3 N–H and O–H groups in total. The van der Waals surface area contributed by atoms with E-state index in [0.717, 1.165) is 48.6 Å². The number of imidazole rings is 1. The Hall–Kier alpha value is -1.88. The molecule has 0 spiro atoms. The van der Waals surface area contributed by atoms with Crippen molar-refractivity contribution in [1.29, 1.82) is 0 Å². The van der Waals surface area contributed by atoms with Crippen LogP contribution >= 0.6 is 0 Å². The van der Waals surface area contributed by atoms with E-state index in [9.17, 15) is 0 Å². The minimum absolute atomic E-state index is 0.612. The number of H-pyrrole nitrogens is 1. The second-order valence-corrected chi connectivity index (χ2v) is 4.48. The number of aryl methyl sites for hydroxylation is 2. The second kappa shape index (κ2) is 6.33. The number of hydrogen-bond donors (Lipinski definition) is 2. The molecule has 2 aromatic rings. The molecule has 0 saturated heterocycles. The van der Waals surface area contributed by atoms with Gasteiger partial charge in [0.25, 0.3) is 0 Å². The molecule has 5 heteroatoms. The fraction of sp³-hybridized carbons (Fsp3) is 0.429. The van der Waals surface area contributed by atoms with Crippen LogP contribution in [0.1, 0.15) is 24.4 Å². The Morgan fingerprint density at radius 2 is 2.16 bits per heavy atom. The van der Waals surface area contributed by atoms with E-state index in [4.69, 9.17) is 10.5 Å². The number of nitrogens with one attached hydrogen (secondary N) is 1. The van der Waals surface area contributed by atoms with Gasteiger partial charge in [-0.2, -0.15) is 0 Å². The zero-order valence-electron chi connectivity index (χ0n) is 11.4. The Morgan fingerprint density at radius 3 is 2.79 bits per heavy atom. The summed E-state index contributed by atoms with van der Waals surface area (Å²) in [4.78, 5) is 12.1. The molecule has 0 fully saturated rings. The van der Waals surface area contributed by atoms with Crippen LogP contribution in [0.4, 0.5) is 0 Å². The molecule has 102 valence electrons. The standard InChI is InChI=1S/C14H20N4O/c1-10-17-12(5-3-4-8-15)14(18-10)11-6-7-13(19-2)16-9-11/h6-7,9H,3-5,8,15H2,1-2H3,(H,17,18). The minimum Gasteiger partial charge on any atom is -0.481 e. The van der Waals surface area contributed by atoms with Gasteiger partial charge in [0, 0.05) is 23.5 Å². The fourth-order valence-electron chi connectivity index (χ4n) is 2.05. The zero-order chi connectivity index (χ0) is 13.7. The van der Waals surface area contributed by atoms with Gasteiger partial charge in [0.1, 0.15) is 5.82 Å². The average Bonchev–Trinajstić information content (AvgIpc) is 2.80. The van der Waals surface area contributed by atoms with E-state index in [-0.39, 0.29) is 0 Å². The van der Waals surface area contributed by atoms with Gasteiger partial charge in [-0.1, -0.05) is 0 Å². The molecule has 0 unspecified atom stereocenters. The highest BCUT2D eigenvalue weighted by atomic mass is 16.5. The topological polar surface area (TPSA) is 76.8 Å². The third kappa shape index (κ3) is 3.32. The summed E-state index contributed by atoms with van der Waals surface area (Å²) in [5.74, 6) is 1.54. The lowest BCUT2D eigenvalue weighted by Crippen LogP contribution is -1.99.